The lowest BCUT2D eigenvalue weighted by atomic mass is 9.92. The number of anilines is 1. The van der Waals surface area contributed by atoms with E-state index in [1.165, 1.54) is 17.7 Å². The van der Waals surface area contributed by atoms with Gasteiger partial charge in [-0.1, -0.05) is 19.1 Å². The second-order valence-corrected chi connectivity index (χ2v) is 3.54. The van der Waals surface area contributed by atoms with E-state index in [1.807, 2.05) is 6.07 Å². The number of ether oxygens (including phenoxy) is 1. The van der Waals surface area contributed by atoms with E-state index in [-0.39, 0.29) is 0 Å². The van der Waals surface area contributed by atoms with E-state index in [0.29, 0.717) is 5.92 Å². The summed E-state index contributed by atoms with van der Waals surface area (Å²) in [6.07, 6.45) is 1.21. The highest BCUT2D eigenvalue weighted by molar-refractivity contribution is 5.64. The van der Waals surface area contributed by atoms with Crippen molar-refractivity contribution in [2.45, 2.75) is 19.3 Å². The van der Waals surface area contributed by atoms with Crippen LogP contribution >= 0.6 is 0 Å². The average molecular weight is 177 g/mol. The molecule has 0 aromatic heterocycles. The number of rotatable bonds is 1. The van der Waals surface area contributed by atoms with E-state index < -0.39 is 0 Å². The van der Waals surface area contributed by atoms with Crippen LogP contribution in [0.15, 0.2) is 18.2 Å². The van der Waals surface area contributed by atoms with Crippen LogP contribution in [-0.2, 0) is 0 Å². The molecule has 13 heavy (non-hydrogen) atoms. The van der Waals surface area contributed by atoms with Crippen molar-refractivity contribution < 1.29 is 4.74 Å². The molecule has 0 amide bonds. The fourth-order valence-corrected chi connectivity index (χ4v) is 1.89. The molecular formula is C11H15NO. The SMILES string of the molecule is COc1cccc2c1NCC[C@H]2C. The highest BCUT2D eigenvalue weighted by Gasteiger charge is 2.18. The van der Waals surface area contributed by atoms with E-state index in [4.69, 9.17) is 4.74 Å². The molecule has 0 bridgehead atoms. The average Bonchev–Trinajstić information content (AvgIpc) is 2.18. The van der Waals surface area contributed by atoms with Crippen molar-refractivity contribution in [1.29, 1.82) is 0 Å². The largest absolute Gasteiger partial charge is 0.495 e. The predicted molar refractivity (Wildman–Crippen MR) is 54.5 cm³/mol. The quantitative estimate of drug-likeness (QED) is 0.712. The van der Waals surface area contributed by atoms with Gasteiger partial charge in [0.25, 0.3) is 0 Å². The Hall–Kier alpha value is -1.18. The highest BCUT2D eigenvalue weighted by atomic mass is 16.5. The predicted octanol–water partition coefficient (Wildman–Crippen LogP) is 2.61. The van der Waals surface area contributed by atoms with Gasteiger partial charge in [0.15, 0.2) is 0 Å². The van der Waals surface area contributed by atoms with Crippen LogP contribution in [0, 0.1) is 0 Å². The Labute approximate surface area is 78.9 Å². The first-order valence-corrected chi connectivity index (χ1v) is 4.73. The Balaban J connectivity index is 2.48. The van der Waals surface area contributed by atoms with E-state index in [9.17, 15) is 0 Å². The summed E-state index contributed by atoms with van der Waals surface area (Å²) < 4.78 is 5.30. The van der Waals surface area contributed by atoms with Gasteiger partial charge in [-0.25, -0.2) is 0 Å². The van der Waals surface area contributed by atoms with Gasteiger partial charge in [-0.05, 0) is 24.0 Å². The van der Waals surface area contributed by atoms with Gasteiger partial charge in [0.1, 0.15) is 5.75 Å². The Morgan fingerprint density at radius 1 is 1.46 bits per heavy atom. The maximum absolute atomic E-state index is 5.30. The summed E-state index contributed by atoms with van der Waals surface area (Å²) in [5, 5.41) is 3.39. The summed E-state index contributed by atoms with van der Waals surface area (Å²) in [6, 6.07) is 6.24. The molecule has 1 atom stereocenters. The minimum absolute atomic E-state index is 0.645. The Kier molecular flexibility index (Phi) is 2.13. The molecule has 2 heteroatoms. The van der Waals surface area contributed by atoms with Gasteiger partial charge in [-0.2, -0.15) is 0 Å². The molecule has 0 saturated heterocycles. The van der Waals surface area contributed by atoms with Crippen LogP contribution in [0.2, 0.25) is 0 Å². The van der Waals surface area contributed by atoms with Crippen molar-refractivity contribution in [2.24, 2.45) is 0 Å². The van der Waals surface area contributed by atoms with Gasteiger partial charge in [0.05, 0.1) is 12.8 Å². The zero-order chi connectivity index (χ0) is 9.26. The van der Waals surface area contributed by atoms with Crippen LogP contribution in [0.3, 0.4) is 0 Å². The molecule has 1 aliphatic heterocycles. The maximum atomic E-state index is 5.30. The highest BCUT2D eigenvalue weighted by Crippen LogP contribution is 2.37. The van der Waals surface area contributed by atoms with Gasteiger partial charge in [0, 0.05) is 6.54 Å². The lowest BCUT2D eigenvalue weighted by Crippen LogP contribution is -2.15. The van der Waals surface area contributed by atoms with Crippen molar-refractivity contribution in [3.63, 3.8) is 0 Å². The third kappa shape index (κ3) is 1.37. The van der Waals surface area contributed by atoms with Gasteiger partial charge in [-0.3, -0.25) is 0 Å². The normalized spacial score (nSPS) is 20.3. The van der Waals surface area contributed by atoms with E-state index in [1.54, 1.807) is 7.11 Å². The fraction of sp³-hybridized carbons (Fsp3) is 0.455. The standard InChI is InChI=1S/C11H15NO/c1-8-6-7-12-11-9(8)4-3-5-10(11)13-2/h3-5,8,12H,6-7H2,1-2H3/t8-/m1/s1. The first kappa shape index (κ1) is 8.42. The molecule has 1 N–H and O–H groups in total. The molecule has 1 heterocycles. The summed E-state index contributed by atoms with van der Waals surface area (Å²) >= 11 is 0. The molecule has 70 valence electrons. The summed E-state index contributed by atoms with van der Waals surface area (Å²) in [7, 11) is 1.72. The van der Waals surface area contributed by atoms with Crippen LogP contribution < -0.4 is 10.1 Å². The maximum Gasteiger partial charge on any atom is 0.142 e. The summed E-state index contributed by atoms with van der Waals surface area (Å²) in [4.78, 5) is 0. The van der Waals surface area contributed by atoms with Crippen LogP contribution in [0.25, 0.3) is 0 Å². The number of benzene rings is 1. The molecule has 0 aliphatic carbocycles. The van der Waals surface area contributed by atoms with Crippen LogP contribution in [0.1, 0.15) is 24.8 Å². The minimum atomic E-state index is 0.645. The summed E-state index contributed by atoms with van der Waals surface area (Å²) in [6.45, 7) is 3.31. The minimum Gasteiger partial charge on any atom is -0.495 e. The molecule has 0 saturated carbocycles. The zero-order valence-electron chi connectivity index (χ0n) is 8.13. The Bertz CT molecular complexity index is 309. The first-order valence-electron chi connectivity index (χ1n) is 4.73. The Morgan fingerprint density at radius 3 is 3.08 bits per heavy atom. The zero-order valence-corrected chi connectivity index (χ0v) is 8.13. The second kappa shape index (κ2) is 3.29. The number of methoxy groups -OCH3 is 1. The third-order valence-electron chi connectivity index (χ3n) is 2.69. The molecule has 1 aromatic rings. The smallest absolute Gasteiger partial charge is 0.142 e. The van der Waals surface area contributed by atoms with Gasteiger partial charge >= 0.3 is 0 Å². The number of hydrogen-bond acceptors (Lipinski definition) is 2. The lowest BCUT2D eigenvalue weighted by molar-refractivity contribution is 0.414. The van der Waals surface area contributed by atoms with Crippen molar-refractivity contribution in [1.82, 2.24) is 0 Å². The topological polar surface area (TPSA) is 21.3 Å². The molecule has 0 unspecified atom stereocenters. The third-order valence-corrected chi connectivity index (χ3v) is 2.69. The monoisotopic (exact) mass is 177 g/mol. The molecule has 0 spiro atoms. The second-order valence-electron chi connectivity index (χ2n) is 3.54. The van der Waals surface area contributed by atoms with Crippen LogP contribution in [-0.4, -0.2) is 13.7 Å². The van der Waals surface area contributed by atoms with E-state index in [2.05, 4.69) is 24.4 Å². The number of nitrogens with one attached hydrogen (secondary N) is 1. The fourth-order valence-electron chi connectivity index (χ4n) is 1.89. The Morgan fingerprint density at radius 2 is 2.31 bits per heavy atom. The first-order chi connectivity index (χ1) is 6.33. The van der Waals surface area contributed by atoms with Gasteiger partial charge in [0.2, 0.25) is 0 Å². The van der Waals surface area contributed by atoms with Crippen molar-refractivity contribution in [3.8, 4) is 5.75 Å². The molecule has 1 aromatic carbocycles. The lowest BCUT2D eigenvalue weighted by Gasteiger charge is -2.25. The van der Waals surface area contributed by atoms with Crippen LogP contribution in [0.5, 0.6) is 5.75 Å². The van der Waals surface area contributed by atoms with Crippen molar-refractivity contribution in [3.05, 3.63) is 23.8 Å². The van der Waals surface area contributed by atoms with Gasteiger partial charge in [-0.15, -0.1) is 0 Å². The number of hydrogen-bond donors (Lipinski definition) is 1. The molecule has 2 nitrogen and oxygen atoms in total. The summed E-state index contributed by atoms with van der Waals surface area (Å²) in [5.41, 5.74) is 2.56. The number of para-hydroxylation sites is 1. The van der Waals surface area contributed by atoms with E-state index >= 15 is 0 Å². The molecule has 1 aliphatic rings. The summed E-state index contributed by atoms with van der Waals surface area (Å²) in [5.74, 6) is 1.61. The molecule has 0 fully saturated rings. The van der Waals surface area contributed by atoms with Crippen LogP contribution in [0.4, 0.5) is 5.69 Å². The molecular weight excluding hydrogens is 162 g/mol. The van der Waals surface area contributed by atoms with E-state index in [0.717, 1.165) is 12.3 Å². The van der Waals surface area contributed by atoms with Crippen molar-refractivity contribution >= 4 is 5.69 Å². The molecule has 2 rings (SSSR count). The molecule has 0 radical (unpaired) electrons. The number of fused-ring (bicyclic) bond motifs is 1. The van der Waals surface area contributed by atoms with Gasteiger partial charge < -0.3 is 10.1 Å². The van der Waals surface area contributed by atoms with Crippen molar-refractivity contribution in [2.75, 3.05) is 19.0 Å².